The predicted octanol–water partition coefficient (Wildman–Crippen LogP) is 3.65. The summed E-state index contributed by atoms with van der Waals surface area (Å²) in [5.74, 6) is 1.07. The van der Waals surface area contributed by atoms with Crippen LogP contribution in [0.1, 0.15) is 28.8 Å². The molecule has 5 nitrogen and oxygen atoms in total. The first-order chi connectivity index (χ1) is 12.7. The van der Waals surface area contributed by atoms with E-state index in [0.717, 1.165) is 18.4 Å². The van der Waals surface area contributed by atoms with Crippen LogP contribution in [0, 0.1) is 0 Å². The summed E-state index contributed by atoms with van der Waals surface area (Å²) >= 11 is 0. The number of amides is 1. The minimum absolute atomic E-state index is 0.0336. The fourth-order valence-corrected chi connectivity index (χ4v) is 3.53. The van der Waals surface area contributed by atoms with Gasteiger partial charge in [0.15, 0.2) is 11.5 Å². The third kappa shape index (κ3) is 2.79. The highest BCUT2D eigenvalue weighted by Crippen LogP contribution is 2.50. The third-order valence-corrected chi connectivity index (χ3v) is 5.25. The van der Waals surface area contributed by atoms with E-state index in [4.69, 9.17) is 9.47 Å². The quantitative estimate of drug-likeness (QED) is 0.713. The molecule has 3 aromatic rings. The number of carbonyl (C=O) groups is 1. The lowest BCUT2D eigenvalue weighted by molar-refractivity contribution is 0.0949. The molecule has 2 N–H and O–H groups in total. The van der Waals surface area contributed by atoms with E-state index in [0.29, 0.717) is 23.6 Å². The number of nitrogens with one attached hydrogen (secondary N) is 2. The first-order valence-electron chi connectivity index (χ1n) is 8.74. The van der Waals surface area contributed by atoms with Gasteiger partial charge < -0.3 is 19.8 Å². The second-order valence-electron chi connectivity index (χ2n) is 6.78. The number of para-hydroxylation sites is 1. The van der Waals surface area contributed by atoms with Crippen molar-refractivity contribution in [2.45, 2.75) is 18.3 Å². The van der Waals surface area contributed by atoms with Gasteiger partial charge in [-0.2, -0.15) is 0 Å². The Morgan fingerprint density at radius 3 is 2.62 bits per heavy atom. The van der Waals surface area contributed by atoms with Gasteiger partial charge in [0.2, 0.25) is 0 Å². The highest BCUT2D eigenvalue weighted by atomic mass is 16.5. The van der Waals surface area contributed by atoms with Crippen LogP contribution in [-0.4, -0.2) is 31.7 Å². The molecule has 0 saturated heterocycles. The molecular weight excluding hydrogens is 328 g/mol. The second-order valence-corrected chi connectivity index (χ2v) is 6.78. The first-order valence-corrected chi connectivity index (χ1v) is 8.74. The normalized spacial score (nSPS) is 14.8. The summed E-state index contributed by atoms with van der Waals surface area (Å²) in [7, 11) is 3.14. The smallest absolute Gasteiger partial charge is 0.251 e. The highest BCUT2D eigenvalue weighted by Gasteiger charge is 2.45. The van der Waals surface area contributed by atoms with Crippen LogP contribution in [0.3, 0.4) is 0 Å². The summed E-state index contributed by atoms with van der Waals surface area (Å²) in [5.41, 5.74) is 3.03. The summed E-state index contributed by atoms with van der Waals surface area (Å²) in [4.78, 5) is 15.9. The molecule has 134 valence electrons. The average Bonchev–Trinajstić information content (AvgIpc) is 3.35. The van der Waals surface area contributed by atoms with Gasteiger partial charge in [-0.3, -0.25) is 4.79 Å². The van der Waals surface area contributed by atoms with Crippen molar-refractivity contribution < 1.29 is 14.3 Å². The van der Waals surface area contributed by atoms with Crippen LogP contribution in [0.2, 0.25) is 0 Å². The Kier molecular flexibility index (Phi) is 4.07. The molecule has 5 heteroatoms. The number of hydrogen-bond acceptors (Lipinski definition) is 3. The van der Waals surface area contributed by atoms with Gasteiger partial charge >= 0.3 is 0 Å². The third-order valence-electron chi connectivity index (χ3n) is 5.25. The molecule has 4 rings (SSSR count). The summed E-state index contributed by atoms with van der Waals surface area (Å²) in [6.07, 6.45) is 4.25. The maximum absolute atomic E-state index is 12.6. The maximum Gasteiger partial charge on any atom is 0.251 e. The molecule has 0 atom stereocenters. The van der Waals surface area contributed by atoms with E-state index in [9.17, 15) is 4.79 Å². The van der Waals surface area contributed by atoms with Gasteiger partial charge in [0, 0.05) is 34.6 Å². The van der Waals surface area contributed by atoms with Crippen molar-refractivity contribution in [1.29, 1.82) is 0 Å². The van der Waals surface area contributed by atoms with E-state index in [2.05, 4.69) is 34.7 Å². The van der Waals surface area contributed by atoms with Crippen LogP contribution in [0.15, 0.2) is 48.7 Å². The molecule has 1 aliphatic rings. The van der Waals surface area contributed by atoms with Crippen LogP contribution in [0.4, 0.5) is 0 Å². The number of H-pyrrole nitrogens is 1. The lowest BCUT2D eigenvalue weighted by Crippen LogP contribution is -2.32. The number of aromatic nitrogens is 1. The van der Waals surface area contributed by atoms with Crippen LogP contribution in [0.25, 0.3) is 10.9 Å². The number of hydrogen-bond donors (Lipinski definition) is 2. The number of carbonyl (C=O) groups excluding carboxylic acids is 1. The van der Waals surface area contributed by atoms with Crippen LogP contribution < -0.4 is 14.8 Å². The zero-order chi connectivity index (χ0) is 18.1. The maximum atomic E-state index is 12.6. The zero-order valence-corrected chi connectivity index (χ0v) is 15.0. The lowest BCUT2D eigenvalue weighted by Gasteiger charge is -2.16. The van der Waals surface area contributed by atoms with Crippen molar-refractivity contribution in [3.63, 3.8) is 0 Å². The fourth-order valence-electron chi connectivity index (χ4n) is 3.53. The molecule has 1 aliphatic carbocycles. The zero-order valence-electron chi connectivity index (χ0n) is 15.0. The number of benzene rings is 2. The van der Waals surface area contributed by atoms with Gasteiger partial charge in [0.05, 0.1) is 14.2 Å². The monoisotopic (exact) mass is 350 g/mol. The molecule has 1 fully saturated rings. The Labute approximate surface area is 152 Å². The van der Waals surface area contributed by atoms with Crippen LogP contribution >= 0.6 is 0 Å². The number of ether oxygens (including phenoxy) is 2. The largest absolute Gasteiger partial charge is 0.493 e. The molecule has 26 heavy (non-hydrogen) atoms. The van der Waals surface area contributed by atoms with Crippen LogP contribution in [-0.2, 0) is 5.41 Å². The van der Waals surface area contributed by atoms with Gasteiger partial charge in [0.25, 0.3) is 5.91 Å². The number of rotatable bonds is 6. The minimum Gasteiger partial charge on any atom is -0.493 e. The topological polar surface area (TPSA) is 63.3 Å². The molecular formula is C21H22N2O3. The predicted molar refractivity (Wildman–Crippen MR) is 101 cm³/mol. The van der Waals surface area contributed by atoms with Crippen molar-refractivity contribution in [2.24, 2.45) is 0 Å². The summed E-state index contributed by atoms with van der Waals surface area (Å²) in [6.45, 7) is 0.627. The highest BCUT2D eigenvalue weighted by molar-refractivity contribution is 5.95. The Balaban J connectivity index is 1.51. The van der Waals surface area contributed by atoms with Crippen molar-refractivity contribution in [2.75, 3.05) is 20.8 Å². The minimum atomic E-state index is -0.0999. The molecule has 2 aromatic carbocycles. The van der Waals surface area contributed by atoms with E-state index < -0.39 is 0 Å². The van der Waals surface area contributed by atoms with Crippen molar-refractivity contribution in [3.8, 4) is 11.5 Å². The molecule has 1 saturated carbocycles. The van der Waals surface area contributed by atoms with E-state index in [1.165, 1.54) is 10.9 Å². The van der Waals surface area contributed by atoms with Gasteiger partial charge in [-0.05, 0) is 42.7 Å². The summed E-state index contributed by atoms with van der Waals surface area (Å²) < 4.78 is 10.5. The molecule has 0 radical (unpaired) electrons. The van der Waals surface area contributed by atoms with Gasteiger partial charge in [0.1, 0.15) is 0 Å². The van der Waals surface area contributed by atoms with Gasteiger partial charge in [-0.1, -0.05) is 18.2 Å². The molecule has 0 bridgehead atoms. The fraction of sp³-hybridized carbons (Fsp3) is 0.286. The molecule has 1 heterocycles. The van der Waals surface area contributed by atoms with E-state index in [-0.39, 0.29) is 11.3 Å². The molecule has 1 amide bonds. The first kappa shape index (κ1) is 16.5. The van der Waals surface area contributed by atoms with Gasteiger partial charge in [-0.25, -0.2) is 0 Å². The van der Waals surface area contributed by atoms with Crippen LogP contribution in [0.5, 0.6) is 11.5 Å². The Hall–Kier alpha value is -2.95. The number of fused-ring (bicyclic) bond motifs is 1. The molecule has 0 aliphatic heterocycles. The summed E-state index contributed by atoms with van der Waals surface area (Å²) in [6, 6.07) is 13.5. The molecule has 1 aromatic heterocycles. The lowest BCUT2D eigenvalue weighted by atomic mass is 9.95. The van der Waals surface area contributed by atoms with E-state index in [1.807, 2.05) is 6.07 Å². The van der Waals surface area contributed by atoms with Gasteiger partial charge in [-0.15, -0.1) is 0 Å². The molecule has 0 spiro atoms. The van der Waals surface area contributed by atoms with E-state index in [1.54, 1.807) is 32.4 Å². The summed E-state index contributed by atoms with van der Waals surface area (Å²) in [5, 5.41) is 4.34. The van der Waals surface area contributed by atoms with Crippen molar-refractivity contribution >= 4 is 16.8 Å². The number of methoxy groups -OCH3 is 2. The van der Waals surface area contributed by atoms with E-state index >= 15 is 0 Å². The Morgan fingerprint density at radius 2 is 1.88 bits per heavy atom. The Bertz CT molecular complexity index is 957. The average molecular weight is 350 g/mol. The SMILES string of the molecule is COc1ccc(C(=O)NCC2(c3c[nH]c4ccccc34)CC2)cc1OC. The standard InChI is InChI=1S/C21H22N2O3/c1-25-18-8-7-14(11-19(18)26-2)20(24)23-13-21(9-10-21)16-12-22-17-6-4-3-5-15(16)17/h3-8,11-12,22H,9-10,13H2,1-2H3,(H,23,24). The Morgan fingerprint density at radius 1 is 1.12 bits per heavy atom. The number of aromatic amines is 1. The second kappa shape index (κ2) is 6.41. The molecule has 0 unspecified atom stereocenters. The van der Waals surface area contributed by atoms with Crippen molar-refractivity contribution in [1.82, 2.24) is 10.3 Å². The van der Waals surface area contributed by atoms with Crippen molar-refractivity contribution in [3.05, 3.63) is 59.8 Å².